The summed E-state index contributed by atoms with van der Waals surface area (Å²) in [5.74, 6) is 1.25. The number of likely N-dealkylation sites (tertiary alicyclic amines) is 1. The van der Waals surface area contributed by atoms with Gasteiger partial charge in [0.25, 0.3) is 0 Å². The Balaban J connectivity index is 1.59. The van der Waals surface area contributed by atoms with E-state index in [2.05, 4.69) is 9.88 Å². The number of rotatable bonds is 9. The standard InChI is InChI=1S/C28H36N4O4/c1-5-23(27-22-17-25(35-3)26(36-4)18-24(22)30-28(27)34)29-20-9-11-21(12-10-20)32(19(2)33)16-15-31-13-7-6-8-14-31/h9-12,17-18,30,34H,5-8,13-16H2,1-4H3. The van der Waals surface area contributed by atoms with E-state index in [-0.39, 0.29) is 11.8 Å². The van der Waals surface area contributed by atoms with Gasteiger partial charge in [-0.1, -0.05) is 13.3 Å². The van der Waals surface area contributed by atoms with Crippen molar-refractivity contribution in [2.75, 3.05) is 45.3 Å². The third-order valence-electron chi connectivity index (χ3n) is 6.80. The lowest BCUT2D eigenvalue weighted by Gasteiger charge is -2.29. The van der Waals surface area contributed by atoms with E-state index < -0.39 is 0 Å². The van der Waals surface area contributed by atoms with Gasteiger partial charge in [-0.05, 0) is 62.7 Å². The van der Waals surface area contributed by atoms with E-state index in [1.165, 1.54) is 19.3 Å². The van der Waals surface area contributed by atoms with Crippen LogP contribution >= 0.6 is 0 Å². The van der Waals surface area contributed by atoms with Crippen LogP contribution in [0.2, 0.25) is 0 Å². The van der Waals surface area contributed by atoms with Crippen molar-refractivity contribution in [3.05, 3.63) is 42.0 Å². The monoisotopic (exact) mass is 492 g/mol. The van der Waals surface area contributed by atoms with E-state index in [4.69, 9.17) is 14.5 Å². The highest BCUT2D eigenvalue weighted by Gasteiger charge is 2.19. The molecule has 1 aliphatic rings. The summed E-state index contributed by atoms with van der Waals surface area (Å²) in [5.41, 5.74) is 3.74. The number of H-pyrrole nitrogens is 1. The molecule has 0 atom stereocenters. The molecule has 8 nitrogen and oxygen atoms in total. The topological polar surface area (TPSA) is 90.4 Å². The van der Waals surface area contributed by atoms with Gasteiger partial charge in [0.2, 0.25) is 5.91 Å². The van der Waals surface area contributed by atoms with Crippen molar-refractivity contribution in [2.45, 2.75) is 39.5 Å². The molecule has 2 heterocycles. The molecule has 1 fully saturated rings. The normalized spacial score (nSPS) is 14.7. The Bertz CT molecular complexity index is 1230. The van der Waals surface area contributed by atoms with Crippen molar-refractivity contribution in [3.8, 4) is 17.4 Å². The number of ether oxygens (including phenoxy) is 2. The summed E-state index contributed by atoms with van der Waals surface area (Å²) >= 11 is 0. The maximum Gasteiger partial charge on any atom is 0.223 e. The predicted molar refractivity (Wildman–Crippen MR) is 144 cm³/mol. The lowest BCUT2D eigenvalue weighted by Crippen LogP contribution is -2.39. The van der Waals surface area contributed by atoms with E-state index in [1.807, 2.05) is 42.2 Å². The Hall–Kier alpha value is -3.52. The minimum absolute atomic E-state index is 0.0330. The first-order valence-electron chi connectivity index (χ1n) is 12.6. The Labute approximate surface area is 212 Å². The molecule has 0 spiro atoms. The Morgan fingerprint density at radius 3 is 2.36 bits per heavy atom. The summed E-state index contributed by atoms with van der Waals surface area (Å²) in [7, 11) is 3.17. The zero-order valence-corrected chi connectivity index (χ0v) is 21.6. The van der Waals surface area contributed by atoms with Gasteiger partial charge in [-0.25, -0.2) is 0 Å². The molecule has 36 heavy (non-hydrogen) atoms. The molecule has 0 bridgehead atoms. The van der Waals surface area contributed by atoms with Crippen molar-refractivity contribution < 1.29 is 19.4 Å². The first-order valence-corrected chi connectivity index (χ1v) is 12.6. The fourth-order valence-corrected chi connectivity index (χ4v) is 4.87. The van der Waals surface area contributed by atoms with Gasteiger partial charge in [-0.3, -0.25) is 9.79 Å². The van der Waals surface area contributed by atoms with Gasteiger partial charge in [0.05, 0.1) is 36.7 Å². The van der Waals surface area contributed by atoms with E-state index >= 15 is 0 Å². The number of piperidine rings is 1. The van der Waals surface area contributed by atoms with Gasteiger partial charge in [0.15, 0.2) is 17.4 Å². The average Bonchev–Trinajstić information content (AvgIpc) is 3.22. The number of fused-ring (bicyclic) bond motifs is 1. The van der Waals surface area contributed by atoms with Crippen LogP contribution in [-0.2, 0) is 4.79 Å². The van der Waals surface area contributed by atoms with Crippen LogP contribution in [0.5, 0.6) is 17.4 Å². The van der Waals surface area contributed by atoms with Crippen molar-refractivity contribution in [2.24, 2.45) is 4.99 Å². The maximum absolute atomic E-state index is 12.4. The Morgan fingerprint density at radius 2 is 1.75 bits per heavy atom. The van der Waals surface area contributed by atoms with Crippen LogP contribution in [0.15, 0.2) is 41.4 Å². The molecule has 192 valence electrons. The predicted octanol–water partition coefficient (Wildman–Crippen LogP) is 5.26. The summed E-state index contributed by atoms with van der Waals surface area (Å²) in [5, 5.41) is 11.5. The van der Waals surface area contributed by atoms with Crippen LogP contribution in [0.25, 0.3) is 10.9 Å². The van der Waals surface area contributed by atoms with Crippen LogP contribution in [0.3, 0.4) is 0 Å². The molecule has 2 N–H and O–H groups in total. The third-order valence-corrected chi connectivity index (χ3v) is 6.80. The maximum atomic E-state index is 12.4. The summed E-state index contributed by atoms with van der Waals surface area (Å²) in [6.07, 6.45) is 4.39. The number of carbonyl (C=O) groups excluding carboxylic acids is 1. The van der Waals surface area contributed by atoms with Gasteiger partial charge in [0.1, 0.15) is 0 Å². The second-order valence-corrected chi connectivity index (χ2v) is 9.10. The molecule has 2 aromatic carbocycles. The molecule has 0 aliphatic carbocycles. The lowest BCUT2D eigenvalue weighted by molar-refractivity contribution is -0.116. The Kier molecular flexibility index (Phi) is 8.15. The average molecular weight is 493 g/mol. The van der Waals surface area contributed by atoms with E-state index in [0.29, 0.717) is 30.0 Å². The van der Waals surface area contributed by atoms with Crippen molar-refractivity contribution in [3.63, 3.8) is 0 Å². The number of hydrogen-bond donors (Lipinski definition) is 2. The van der Waals surface area contributed by atoms with Crippen molar-refractivity contribution in [1.82, 2.24) is 9.88 Å². The minimum atomic E-state index is 0.0330. The second-order valence-electron chi connectivity index (χ2n) is 9.10. The number of nitrogens with zero attached hydrogens (tertiary/aromatic N) is 3. The summed E-state index contributed by atoms with van der Waals surface area (Å²) in [6, 6.07) is 11.4. The molecule has 1 amide bonds. The van der Waals surface area contributed by atoms with Crippen molar-refractivity contribution in [1.29, 1.82) is 0 Å². The highest BCUT2D eigenvalue weighted by Crippen LogP contribution is 2.37. The number of aliphatic imine (C=N–C) groups is 1. The molecular formula is C28H36N4O4. The molecule has 1 aliphatic heterocycles. The molecule has 4 rings (SSSR count). The van der Waals surface area contributed by atoms with Crippen molar-refractivity contribution >= 4 is 33.9 Å². The third kappa shape index (κ3) is 5.49. The van der Waals surface area contributed by atoms with Gasteiger partial charge in [-0.15, -0.1) is 0 Å². The highest BCUT2D eigenvalue weighted by molar-refractivity contribution is 6.14. The van der Waals surface area contributed by atoms with Crippen LogP contribution in [0.4, 0.5) is 11.4 Å². The van der Waals surface area contributed by atoms with Crippen LogP contribution in [0, 0.1) is 0 Å². The number of aromatic amines is 1. The first-order chi connectivity index (χ1) is 17.4. The number of hydrogen-bond acceptors (Lipinski definition) is 6. The number of aromatic nitrogens is 1. The number of aromatic hydroxyl groups is 1. The quantitative estimate of drug-likeness (QED) is 0.398. The smallest absolute Gasteiger partial charge is 0.223 e. The molecule has 1 aromatic heterocycles. The van der Waals surface area contributed by atoms with Crippen LogP contribution < -0.4 is 14.4 Å². The highest BCUT2D eigenvalue weighted by atomic mass is 16.5. The second kappa shape index (κ2) is 11.5. The molecule has 1 saturated heterocycles. The number of methoxy groups -OCH3 is 2. The number of amides is 1. The molecule has 0 radical (unpaired) electrons. The van der Waals surface area contributed by atoms with E-state index in [1.54, 1.807) is 27.2 Å². The lowest BCUT2D eigenvalue weighted by atomic mass is 10.1. The zero-order valence-electron chi connectivity index (χ0n) is 21.6. The fourth-order valence-electron chi connectivity index (χ4n) is 4.87. The van der Waals surface area contributed by atoms with Gasteiger partial charge in [0, 0.05) is 37.2 Å². The summed E-state index contributed by atoms with van der Waals surface area (Å²) in [6.45, 7) is 7.39. The number of anilines is 1. The molecule has 3 aromatic rings. The Morgan fingerprint density at radius 1 is 1.08 bits per heavy atom. The molecule has 8 heteroatoms. The van der Waals surface area contributed by atoms with E-state index in [0.717, 1.165) is 47.6 Å². The van der Waals surface area contributed by atoms with E-state index in [9.17, 15) is 9.90 Å². The zero-order chi connectivity index (χ0) is 25.7. The number of benzene rings is 2. The fraction of sp³-hybridized carbons (Fsp3) is 0.429. The minimum Gasteiger partial charge on any atom is -0.494 e. The SMILES string of the molecule is CCC(=Nc1ccc(N(CCN2CCCCC2)C(C)=O)cc1)c1c(O)[nH]c2cc(OC)c(OC)cc12. The van der Waals surface area contributed by atoms with Crippen LogP contribution in [0.1, 0.15) is 45.1 Å². The largest absolute Gasteiger partial charge is 0.494 e. The van der Waals surface area contributed by atoms with Gasteiger partial charge < -0.3 is 29.4 Å². The molecule has 0 saturated carbocycles. The number of nitrogens with one attached hydrogen (secondary N) is 1. The van der Waals surface area contributed by atoms with Gasteiger partial charge >= 0.3 is 0 Å². The summed E-state index contributed by atoms with van der Waals surface area (Å²) in [4.78, 5) is 24.5. The number of carbonyl (C=O) groups is 1. The molecule has 0 unspecified atom stereocenters. The summed E-state index contributed by atoms with van der Waals surface area (Å²) < 4.78 is 10.8. The van der Waals surface area contributed by atoms with Crippen LogP contribution in [-0.4, -0.2) is 67.0 Å². The molecular weight excluding hydrogens is 456 g/mol. The van der Waals surface area contributed by atoms with Gasteiger partial charge in [-0.2, -0.15) is 0 Å². The first kappa shape index (κ1) is 25.6.